The Morgan fingerprint density at radius 2 is 1.60 bits per heavy atom. The topological polar surface area (TPSA) is 36.1 Å². The minimum atomic E-state index is -0.161. The van der Waals surface area contributed by atoms with Gasteiger partial charge >= 0.3 is 0 Å². The summed E-state index contributed by atoms with van der Waals surface area (Å²) in [4.78, 5) is 0. The second kappa shape index (κ2) is 2.86. The maximum atomic E-state index is 3.14. The first kappa shape index (κ1) is 7.31. The third kappa shape index (κ3) is 1.20. The van der Waals surface area contributed by atoms with E-state index in [9.17, 15) is 0 Å². The summed E-state index contributed by atoms with van der Waals surface area (Å²) in [6.07, 6.45) is 7.83. The van der Waals surface area contributed by atoms with Crippen LogP contribution in [0.2, 0.25) is 0 Å². The summed E-state index contributed by atoms with van der Waals surface area (Å²) in [6, 6.07) is 0. The first-order valence-electron chi connectivity index (χ1n) is 3.32. The molecule has 3 N–H and O–H groups in total. The first-order valence-corrected chi connectivity index (χ1v) is 3.32. The Bertz CT molecular complexity index is 142. The fourth-order valence-corrected chi connectivity index (χ4v) is 0.929. The highest BCUT2D eigenvalue weighted by molar-refractivity contribution is 5.19. The molecule has 0 spiro atoms. The molecule has 56 valence electrons. The lowest BCUT2D eigenvalue weighted by molar-refractivity contribution is 0.457. The summed E-state index contributed by atoms with van der Waals surface area (Å²) >= 11 is 0. The molecule has 1 heterocycles. The maximum absolute atomic E-state index is 3.14. The van der Waals surface area contributed by atoms with Crippen LogP contribution in [0.1, 0.15) is 0 Å². The Balaban J connectivity index is 2.71. The fourth-order valence-electron chi connectivity index (χ4n) is 0.929. The molecule has 0 amide bonds. The molecule has 0 aromatic heterocycles. The van der Waals surface area contributed by atoms with E-state index in [2.05, 4.69) is 16.0 Å². The number of nitrogens with one attached hydrogen (secondary N) is 3. The van der Waals surface area contributed by atoms with Gasteiger partial charge in [0.05, 0.1) is 0 Å². The predicted octanol–water partition coefficient (Wildman–Crippen LogP) is -0.248. The summed E-state index contributed by atoms with van der Waals surface area (Å²) in [5, 5.41) is 9.25. The van der Waals surface area contributed by atoms with Gasteiger partial charge < -0.3 is 5.32 Å². The SMILES string of the molecule is CNC1(NC)C=CNC=C1. The van der Waals surface area contributed by atoms with Crippen LogP contribution in [0.4, 0.5) is 0 Å². The molecule has 0 fully saturated rings. The summed E-state index contributed by atoms with van der Waals surface area (Å²) in [7, 11) is 3.83. The predicted molar refractivity (Wildman–Crippen MR) is 42.3 cm³/mol. The zero-order valence-electron chi connectivity index (χ0n) is 6.31. The molecule has 1 rings (SSSR count). The lowest BCUT2D eigenvalue weighted by atomic mass is 10.1. The minimum Gasteiger partial charge on any atom is -0.368 e. The standard InChI is InChI=1S/C7H13N3/c1-8-7(9-2)3-5-10-6-4-7/h3-6,8-10H,1-2H3. The third-order valence-corrected chi connectivity index (χ3v) is 1.71. The van der Waals surface area contributed by atoms with Gasteiger partial charge in [-0.15, -0.1) is 0 Å². The Hall–Kier alpha value is -0.800. The highest BCUT2D eigenvalue weighted by Crippen LogP contribution is 2.04. The molecule has 0 aromatic carbocycles. The molecule has 0 bridgehead atoms. The van der Waals surface area contributed by atoms with Gasteiger partial charge in [-0.05, 0) is 38.6 Å². The maximum Gasteiger partial charge on any atom is 0.110 e. The van der Waals surface area contributed by atoms with E-state index in [4.69, 9.17) is 0 Å². The first-order chi connectivity index (χ1) is 4.83. The monoisotopic (exact) mass is 139 g/mol. The Morgan fingerprint density at radius 3 is 1.90 bits per heavy atom. The van der Waals surface area contributed by atoms with Crippen molar-refractivity contribution in [1.29, 1.82) is 0 Å². The quantitative estimate of drug-likeness (QED) is 0.462. The van der Waals surface area contributed by atoms with Crippen molar-refractivity contribution in [3.05, 3.63) is 24.6 Å². The molecule has 3 heteroatoms. The lowest BCUT2D eigenvalue weighted by Gasteiger charge is -2.28. The van der Waals surface area contributed by atoms with Crippen molar-refractivity contribution in [2.75, 3.05) is 14.1 Å². The Kier molecular flexibility index (Phi) is 2.09. The van der Waals surface area contributed by atoms with Crippen molar-refractivity contribution in [2.45, 2.75) is 5.66 Å². The zero-order chi connectivity index (χ0) is 7.45. The molecule has 1 aliphatic heterocycles. The number of dihydropyridines is 1. The Labute approximate surface area is 61.2 Å². The average molecular weight is 139 g/mol. The van der Waals surface area contributed by atoms with Crippen molar-refractivity contribution in [2.24, 2.45) is 0 Å². The van der Waals surface area contributed by atoms with E-state index in [1.165, 1.54) is 0 Å². The number of rotatable bonds is 2. The van der Waals surface area contributed by atoms with E-state index in [1.54, 1.807) is 0 Å². The second-order valence-corrected chi connectivity index (χ2v) is 2.20. The van der Waals surface area contributed by atoms with E-state index in [-0.39, 0.29) is 5.66 Å². The molecular formula is C7H13N3. The van der Waals surface area contributed by atoms with E-state index in [0.29, 0.717) is 0 Å². The smallest absolute Gasteiger partial charge is 0.110 e. The molecule has 0 aliphatic carbocycles. The summed E-state index contributed by atoms with van der Waals surface area (Å²) in [5.41, 5.74) is -0.161. The third-order valence-electron chi connectivity index (χ3n) is 1.71. The summed E-state index contributed by atoms with van der Waals surface area (Å²) in [5.74, 6) is 0. The lowest BCUT2D eigenvalue weighted by Crippen LogP contribution is -2.51. The minimum absolute atomic E-state index is 0.161. The van der Waals surface area contributed by atoms with Crippen LogP contribution < -0.4 is 16.0 Å². The van der Waals surface area contributed by atoms with Crippen molar-refractivity contribution in [3.8, 4) is 0 Å². The highest BCUT2D eigenvalue weighted by Gasteiger charge is 2.18. The van der Waals surface area contributed by atoms with Crippen LogP contribution in [0.5, 0.6) is 0 Å². The van der Waals surface area contributed by atoms with Crippen LogP contribution in [0.15, 0.2) is 24.6 Å². The van der Waals surface area contributed by atoms with Gasteiger partial charge in [-0.25, -0.2) is 0 Å². The average Bonchev–Trinajstić information content (AvgIpc) is 2.06. The van der Waals surface area contributed by atoms with Crippen LogP contribution in [0, 0.1) is 0 Å². The Morgan fingerprint density at radius 1 is 1.10 bits per heavy atom. The van der Waals surface area contributed by atoms with Crippen molar-refractivity contribution >= 4 is 0 Å². The van der Waals surface area contributed by atoms with Gasteiger partial charge in [-0.1, -0.05) is 0 Å². The van der Waals surface area contributed by atoms with E-state index in [1.807, 2.05) is 38.6 Å². The largest absolute Gasteiger partial charge is 0.368 e. The van der Waals surface area contributed by atoms with Gasteiger partial charge in [0.2, 0.25) is 0 Å². The van der Waals surface area contributed by atoms with Crippen molar-refractivity contribution in [1.82, 2.24) is 16.0 Å². The molecule has 0 saturated carbocycles. The van der Waals surface area contributed by atoms with Crippen molar-refractivity contribution in [3.63, 3.8) is 0 Å². The van der Waals surface area contributed by atoms with Crippen molar-refractivity contribution < 1.29 is 0 Å². The van der Waals surface area contributed by atoms with E-state index >= 15 is 0 Å². The van der Waals surface area contributed by atoms with Crippen LogP contribution in [0.3, 0.4) is 0 Å². The second-order valence-electron chi connectivity index (χ2n) is 2.20. The zero-order valence-corrected chi connectivity index (χ0v) is 6.31. The number of hydrogen-bond acceptors (Lipinski definition) is 3. The molecule has 1 aliphatic rings. The van der Waals surface area contributed by atoms with Gasteiger partial charge in [-0.2, -0.15) is 0 Å². The molecule has 0 saturated heterocycles. The molecule has 0 radical (unpaired) electrons. The van der Waals surface area contributed by atoms with Crippen LogP contribution in [-0.2, 0) is 0 Å². The molecule has 0 atom stereocenters. The highest BCUT2D eigenvalue weighted by atomic mass is 15.2. The fraction of sp³-hybridized carbons (Fsp3) is 0.429. The van der Waals surface area contributed by atoms with Crippen LogP contribution in [0.25, 0.3) is 0 Å². The van der Waals surface area contributed by atoms with Crippen LogP contribution >= 0.6 is 0 Å². The molecule has 0 aromatic rings. The molecule has 10 heavy (non-hydrogen) atoms. The van der Waals surface area contributed by atoms with E-state index in [0.717, 1.165) is 0 Å². The summed E-state index contributed by atoms with van der Waals surface area (Å²) < 4.78 is 0. The van der Waals surface area contributed by atoms with Gasteiger partial charge in [0.15, 0.2) is 0 Å². The molecular weight excluding hydrogens is 126 g/mol. The van der Waals surface area contributed by atoms with Crippen LogP contribution in [-0.4, -0.2) is 19.8 Å². The van der Waals surface area contributed by atoms with Gasteiger partial charge in [0.25, 0.3) is 0 Å². The van der Waals surface area contributed by atoms with Gasteiger partial charge in [0, 0.05) is 0 Å². The van der Waals surface area contributed by atoms with E-state index < -0.39 is 0 Å². The molecule has 3 nitrogen and oxygen atoms in total. The number of likely N-dealkylation sites (N-methyl/N-ethyl adjacent to an activating group) is 2. The summed E-state index contributed by atoms with van der Waals surface area (Å²) in [6.45, 7) is 0. The van der Waals surface area contributed by atoms with Gasteiger partial charge in [-0.3, -0.25) is 10.6 Å². The number of hydrogen-bond donors (Lipinski definition) is 3. The molecule has 0 unspecified atom stereocenters. The van der Waals surface area contributed by atoms with Gasteiger partial charge in [0.1, 0.15) is 5.66 Å². The normalized spacial score (nSPS) is 20.6.